The topological polar surface area (TPSA) is 147 Å². The van der Waals surface area contributed by atoms with Gasteiger partial charge in [-0.15, -0.1) is 0 Å². The van der Waals surface area contributed by atoms with Gasteiger partial charge in [0.05, 0.1) is 26.2 Å². The molecule has 0 saturated carbocycles. The number of aliphatic imine (C=N–C) groups is 8. The number of nitrogens with zero attached hydrogens (tertiary/aromatic N) is 8. The third-order valence-electron chi connectivity index (χ3n) is 5.69. The first-order chi connectivity index (χ1) is 20.9. The predicted molar refractivity (Wildman–Crippen MR) is 180 cm³/mol. The van der Waals surface area contributed by atoms with Gasteiger partial charge in [0, 0.05) is 149 Å². The Morgan fingerprint density at radius 2 is 0.524 bits per heavy atom. The average Bonchev–Trinajstić information content (AvgIpc) is 2.99. The van der Waals surface area contributed by atoms with Crippen LogP contribution >= 0.6 is 0 Å². The van der Waals surface area contributed by atoms with Crippen LogP contribution in [0.2, 0.25) is 0 Å². The lowest BCUT2D eigenvalue weighted by molar-refractivity contribution is 0.765. The van der Waals surface area contributed by atoms with Gasteiger partial charge in [-0.05, 0) is 12.8 Å². The maximum atomic E-state index is 4.57. The zero-order valence-electron chi connectivity index (χ0n) is 24.4. The van der Waals surface area contributed by atoms with Crippen molar-refractivity contribution in [2.24, 2.45) is 39.9 Å². The summed E-state index contributed by atoms with van der Waals surface area (Å²) in [6.07, 6.45) is 24.2. The summed E-state index contributed by atoms with van der Waals surface area (Å²) < 4.78 is 0. The first-order valence-electron chi connectivity index (χ1n) is 14.6. The van der Waals surface area contributed by atoms with Crippen LogP contribution in [0.3, 0.4) is 0 Å². The van der Waals surface area contributed by atoms with Crippen LogP contribution < -0.4 is 21.3 Å². The van der Waals surface area contributed by atoms with E-state index in [4.69, 9.17) is 0 Å². The molecule has 0 aromatic rings. The summed E-state index contributed by atoms with van der Waals surface area (Å²) in [5.74, 6) is 0. The summed E-state index contributed by atoms with van der Waals surface area (Å²) in [5.41, 5.74) is 3.68. The molecule has 0 unspecified atom stereocenters. The minimum atomic E-state index is 0.594. The molecule has 0 amide bonds. The fourth-order valence-corrected chi connectivity index (χ4v) is 3.58. The van der Waals surface area contributed by atoms with Crippen LogP contribution in [0.15, 0.2) is 87.0 Å². The molecule has 0 aromatic heterocycles. The standard InChI is InChI=1S/C30H44N12/c1-3-31-15-27-19-35-7-11-39-23-29(24-40-12-8-36-20-27)17-33-5-2-6-34-18-30-25-41-13-9-37-21-28(16-32-4-1)22-38-10-14-42-26-30/h15-26,35,37,39,41H,1-14H2/b27-19-,28-21-,29-23-,30-25-,31-15?,32-16?,33-17?,34-18?,36-20?,38-22?,40-24?,42-26?. The summed E-state index contributed by atoms with van der Waals surface area (Å²) in [5, 5.41) is 13.3. The molecule has 0 fully saturated rings. The molecular formula is C30H44N12. The number of hydrogen-bond donors (Lipinski definition) is 4. The predicted octanol–water partition coefficient (Wildman–Crippen LogP) is 1.27. The van der Waals surface area contributed by atoms with Crippen molar-refractivity contribution in [3.05, 3.63) is 47.1 Å². The molecule has 0 saturated heterocycles. The lowest BCUT2D eigenvalue weighted by atomic mass is 10.3. The maximum Gasteiger partial charge on any atom is 0.0585 e. The quantitative estimate of drug-likeness (QED) is 0.346. The Morgan fingerprint density at radius 1 is 0.310 bits per heavy atom. The van der Waals surface area contributed by atoms with Gasteiger partial charge in [0.15, 0.2) is 0 Å². The van der Waals surface area contributed by atoms with Gasteiger partial charge >= 0.3 is 0 Å². The minimum Gasteiger partial charge on any atom is -0.389 e. The number of allylic oxidation sites excluding steroid dienone is 4. The third-order valence-corrected chi connectivity index (χ3v) is 5.69. The highest BCUT2D eigenvalue weighted by Gasteiger charge is 1.96. The van der Waals surface area contributed by atoms with Crippen LogP contribution in [0.5, 0.6) is 0 Å². The van der Waals surface area contributed by atoms with E-state index in [1.165, 1.54) is 0 Å². The largest absolute Gasteiger partial charge is 0.389 e. The molecule has 0 aliphatic carbocycles. The van der Waals surface area contributed by atoms with E-state index in [1.807, 2.05) is 74.5 Å². The summed E-state index contributed by atoms with van der Waals surface area (Å²) in [6, 6.07) is 0. The van der Waals surface area contributed by atoms with E-state index in [2.05, 4.69) is 61.2 Å². The van der Waals surface area contributed by atoms with Crippen molar-refractivity contribution < 1.29 is 0 Å². The van der Waals surface area contributed by atoms with Crippen LogP contribution in [0.1, 0.15) is 12.8 Å². The molecule has 4 bridgehead atoms. The van der Waals surface area contributed by atoms with Crippen molar-refractivity contribution in [1.29, 1.82) is 0 Å². The Bertz CT molecular complexity index is 971. The molecule has 42 heavy (non-hydrogen) atoms. The lowest BCUT2D eigenvalue weighted by Crippen LogP contribution is -2.22. The molecule has 0 aromatic carbocycles. The first kappa shape index (κ1) is 32.0. The Morgan fingerprint density at radius 3 is 0.762 bits per heavy atom. The summed E-state index contributed by atoms with van der Waals surface area (Å²) in [6.45, 7) is 8.10. The highest BCUT2D eigenvalue weighted by atomic mass is 14.9. The second-order valence-corrected chi connectivity index (χ2v) is 9.38. The zero-order chi connectivity index (χ0) is 29.2. The van der Waals surface area contributed by atoms with E-state index in [-0.39, 0.29) is 0 Å². The van der Waals surface area contributed by atoms with Gasteiger partial charge in [0.2, 0.25) is 0 Å². The van der Waals surface area contributed by atoms with Gasteiger partial charge < -0.3 is 21.3 Å². The monoisotopic (exact) mass is 572 g/mol. The Balaban J connectivity index is 1.73. The summed E-state index contributed by atoms with van der Waals surface area (Å²) in [7, 11) is 0. The van der Waals surface area contributed by atoms with Gasteiger partial charge in [-0.2, -0.15) is 0 Å². The SMILES string of the molecule is C1=NCCCN=C/C2=C/NCCN/C=C(/C=NCCCN=C/C3=C/NCCN/C=C/1C=NCCN=C3)C=NCCN=C2. The number of rotatable bonds is 0. The first-order valence-corrected chi connectivity index (χ1v) is 14.6. The van der Waals surface area contributed by atoms with E-state index < -0.39 is 0 Å². The van der Waals surface area contributed by atoms with Gasteiger partial charge in [-0.25, -0.2) is 0 Å². The van der Waals surface area contributed by atoms with E-state index >= 15 is 0 Å². The lowest BCUT2D eigenvalue weighted by Gasteiger charge is -2.05. The van der Waals surface area contributed by atoms with Crippen molar-refractivity contribution in [2.75, 3.05) is 78.5 Å². The second kappa shape index (κ2) is 22.2. The smallest absolute Gasteiger partial charge is 0.0585 e. The van der Waals surface area contributed by atoms with Crippen LogP contribution in [0.25, 0.3) is 0 Å². The van der Waals surface area contributed by atoms with E-state index in [9.17, 15) is 0 Å². The van der Waals surface area contributed by atoms with Crippen molar-refractivity contribution in [3.63, 3.8) is 0 Å². The van der Waals surface area contributed by atoms with Crippen molar-refractivity contribution in [1.82, 2.24) is 21.3 Å². The molecule has 0 radical (unpaired) electrons. The Kier molecular flexibility index (Phi) is 17.0. The fourth-order valence-electron chi connectivity index (χ4n) is 3.58. The fraction of sp³-hybridized carbons (Fsp3) is 0.467. The molecule has 6 rings (SSSR count). The van der Waals surface area contributed by atoms with Crippen molar-refractivity contribution in [2.45, 2.75) is 12.8 Å². The van der Waals surface area contributed by atoms with Crippen molar-refractivity contribution >= 4 is 49.7 Å². The van der Waals surface area contributed by atoms with E-state index in [0.717, 1.165) is 61.3 Å². The third kappa shape index (κ3) is 15.9. The molecule has 6 aliphatic rings. The zero-order valence-corrected chi connectivity index (χ0v) is 24.4. The highest BCUT2D eigenvalue weighted by Crippen LogP contribution is 1.94. The van der Waals surface area contributed by atoms with Gasteiger partial charge in [-0.1, -0.05) is 0 Å². The summed E-state index contributed by atoms with van der Waals surface area (Å²) in [4.78, 5) is 36.4. The molecule has 4 N–H and O–H groups in total. The van der Waals surface area contributed by atoms with Crippen molar-refractivity contribution in [3.8, 4) is 0 Å². The van der Waals surface area contributed by atoms with Gasteiger partial charge in [0.25, 0.3) is 0 Å². The average molecular weight is 573 g/mol. The molecule has 6 heterocycles. The number of nitrogens with one attached hydrogen (secondary N) is 4. The minimum absolute atomic E-state index is 0.594. The number of hydrogen-bond acceptors (Lipinski definition) is 12. The molecule has 0 spiro atoms. The highest BCUT2D eigenvalue weighted by molar-refractivity contribution is 6.05. The second-order valence-electron chi connectivity index (χ2n) is 9.38. The molecule has 12 nitrogen and oxygen atoms in total. The molecule has 6 aliphatic heterocycles. The van der Waals surface area contributed by atoms with Gasteiger partial charge in [-0.3, -0.25) is 39.9 Å². The Labute approximate surface area is 249 Å². The van der Waals surface area contributed by atoms with Crippen LogP contribution in [0.4, 0.5) is 0 Å². The van der Waals surface area contributed by atoms with E-state index in [0.29, 0.717) is 52.4 Å². The maximum absolute atomic E-state index is 4.57. The van der Waals surface area contributed by atoms with Gasteiger partial charge in [0.1, 0.15) is 0 Å². The Hall–Kier alpha value is -4.48. The van der Waals surface area contributed by atoms with Crippen LogP contribution in [-0.2, 0) is 0 Å². The molecule has 224 valence electrons. The van der Waals surface area contributed by atoms with Crippen LogP contribution in [0, 0.1) is 0 Å². The van der Waals surface area contributed by atoms with E-state index in [1.54, 1.807) is 0 Å². The molecule has 12 heteroatoms. The summed E-state index contributed by atoms with van der Waals surface area (Å²) >= 11 is 0. The normalized spacial score (nSPS) is 25.5. The molecular weight excluding hydrogens is 528 g/mol. The van der Waals surface area contributed by atoms with Crippen LogP contribution in [-0.4, -0.2) is 128 Å². The molecule has 0 atom stereocenters.